The molecule has 0 unspecified atom stereocenters. The van der Waals surface area contributed by atoms with Crippen molar-refractivity contribution >= 4 is 22.0 Å². The lowest BCUT2D eigenvalue weighted by Gasteiger charge is -2.18. The number of benzene rings is 2. The highest BCUT2D eigenvalue weighted by atomic mass is 32.2. The molecule has 0 radical (unpaired) electrons. The van der Waals surface area contributed by atoms with E-state index in [9.17, 15) is 13.2 Å². The third-order valence-electron chi connectivity index (χ3n) is 3.71. The van der Waals surface area contributed by atoms with Crippen molar-refractivity contribution in [2.24, 2.45) is 0 Å². The van der Waals surface area contributed by atoms with E-state index >= 15 is 0 Å². The van der Waals surface area contributed by atoms with Crippen molar-refractivity contribution in [3.63, 3.8) is 0 Å². The molecule has 1 N–H and O–H groups in total. The molecule has 0 saturated heterocycles. The molecule has 1 amide bonds. The van der Waals surface area contributed by atoms with Crippen molar-refractivity contribution in [2.75, 3.05) is 13.6 Å². The maximum Gasteiger partial charge on any atom is 0.236 e. The van der Waals surface area contributed by atoms with Crippen LogP contribution in [0.4, 0.5) is 0 Å². The highest BCUT2D eigenvalue weighted by molar-refractivity contribution is 7.92. The van der Waals surface area contributed by atoms with Gasteiger partial charge in [-0.25, -0.2) is 8.42 Å². The molecule has 0 aliphatic carbocycles. The van der Waals surface area contributed by atoms with Crippen LogP contribution in [0.3, 0.4) is 0 Å². The number of carbonyl (C=O) groups is 1. The first-order valence-electron chi connectivity index (χ1n) is 7.92. The molecule has 25 heavy (non-hydrogen) atoms. The first-order chi connectivity index (χ1) is 11.9. The van der Waals surface area contributed by atoms with Crippen LogP contribution in [0, 0.1) is 0 Å². The van der Waals surface area contributed by atoms with Gasteiger partial charge in [-0.05, 0) is 24.1 Å². The second-order valence-corrected chi connectivity index (χ2v) is 7.64. The summed E-state index contributed by atoms with van der Waals surface area (Å²) in [4.78, 5) is 12.1. The Labute approximate surface area is 149 Å². The molecule has 0 aliphatic heterocycles. The molecule has 0 saturated carbocycles. The van der Waals surface area contributed by atoms with Crippen molar-refractivity contribution < 1.29 is 13.2 Å². The molecule has 2 aromatic carbocycles. The van der Waals surface area contributed by atoms with Gasteiger partial charge in [0.15, 0.2) is 0 Å². The molecule has 0 aromatic heterocycles. The Morgan fingerprint density at radius 1 is 1.08 bits per heavy atom. The summed E-state index contributed by atoms with van der Waals surface area (Å²) in [5.74, 6) is -0.351. The Bertz CT molecular complexity index is 818. The number of nitrogens with zero attached hydrogens (tertiary/aromatic N) is 1. The zero-order valence-electron chi connectivity index (χ0n) is 14.3. The number of amides is 1. The summed E-state index contributed by atoms with van der Waals surface area (Å²) in [5.41, 5.74) is 1.74. The zero-order chi connectivity index (χ0) is 18.3. The lowest BCUT2D eigenvalue weighted by molar-refractivity contribution is -0.121. The zero-order valence-corrected chi connectivity index (χ0v) is 15.1. The molecule has 132 valence electrons. The molecule has 5 nitrogen and oxygen atoms in total. The third kappa shape index (κ3) is 5.85. The number of rotatable bonds is 7. The molecule has 0 heterocycles. The fourth-order valence-electron chi connectivity index (χ4n) is 2.24. The highest BCUT2D eigenvalue weighted by Gasteiger charge is 2.19. The summed E-state index contributed by atoms with van der Waals surface area (Å²) >= 11 is 0. The summed E-state index contributed by atoms with van der Waals surface area (Å²) in [6, 6.07) is 18.4. The van der Waals surface area contributed by atoms with Crippen LogP contribution in [0.25, 0.3) is 6.08 Å². The highest BCUT2D eigenvalue weighted by Crippen LogP contribution is 2.11. The molecule has 1 atom stereocenters. The maximum atomic E-state index is 12.3. The van der Waals surface area contributed by atoms with E-state index in [1.165, 1.54) is 13.1 Å². The first kappa shape index (κ1) is 18.9. The van der Waals surface area contributed by atoms with Gasteiger partial charge in [0.05, 0.1) is 12.6 Å². The van der Waals surface area contributed by atoms with Crippen LogP contribution < -0.4 is 5.32 Å². The van der Waals surface area contributed by atoms with Crippen LogP contribution in [0.1, 0.15) is 24.1 Å². The SMILES string of the molecule is C[C@H](NC(=O)CN(C)S(=O)(=O)/C=C/c1ccccc1)c1ccccc1. The van der Waals surface area contributed by atoms with Gasteiger partial charge in [0.1, 0.15) is 0 Å². The lowest BCUT2D eigenvalue weighted by Crippen LogP contribution is -2.38. The predicted molar refractivity (Wildman–Crippen MR) is 100 cm³/mol. The van der Waals surface area contributed by atoms with Gasteiger partial charge in [0.2, 0.25) is 15.9 Å². The molecular weight excluding hydrogens is 336 g/mol. The fourth-order valence-corrected chi connectivity index (χ4v) is 3.07. The molecule has 2 rings (SSSR count). The van der Waals surface area contributed by atoms with Gasteiger partial charge in [-0.1, -0.05) is 60.7 Å². The number of likely N-dealkylation sites (N-methyl/N-ethyl adjacent to an activating group) is 1. The minimum atomic E-state index is -3.66. The largest absolute Gasteiger partial charge is 0.348 e. The average Bonchev–Trinajstić information content (AvgIpc) is 2.61. The van der Waals surface area contributed by atoms with Gasteiger partial charge >= 0.3 is 0 Å². The summed E-state index contributed by atoms with van der Waals surface area (Å²) in [5, 5.41) is 3.91. The Kier molecular flexibility index (Phi) is 6.50. The molecule has 6 heteroatoms. The van der Waals surface area contributed by atoms with Crippen LogP contribution >= 0.6 is 0 Å². The average molecular weight is 358 g/mol. The van der Waals surface area contributed by atoms with Crippen molar-refractivity contribution in [1.82, 2.24) is 9.62 Å². The normalized spacial score (nSPS) is 13.1. The minimum absolute atomic E-state index is 0.190. The van der Waals surface area contributed by atoms with E-state index in [2.05, 4.69) is 5.32 Å². The number of nitrogens with one attached hydrogen (secondary N) is 1. The van der Waals surface area contributed by atoms with Crippen molar-refractivity contribution in [3.8, 4) is 0 Å². The van der Waals surface area contributed by atoms with Gasteiger partial charge in [-0.2, -0.15) is 4.31 Å². The van der Waals surface area contributed by atoms with Gasteiger partial charge in [-0.15, -0.1) is 0 Å². The first-order valence-corrected chi connectivity index (χ1v) is 9.42. The van der Waals surface area contributed by atoms with Crippen LogP contribution in [0.15, 0.2) is 66.1 Å². The van der Waals surface area contributed by atoms with Crippen molar-refractivity contribution in [1.29, 1.82) is 0 Å². The second-order valence-electron chi connectivity index (χ2n) is 5.71. The summed E-state index contributed by atoms with van der Waals surface area (Å²) in [6.45, 7) is 1.62. The van der Waals surface area contributed by atoms with Crippen LogP contribution in [-0.4, -0.2) is 32.2 Å². The summed E-state index contributed by atoms with van der Waals surface area (Å²) < 4.78 is 25.5. The van der Waals surface area contributed by atoms with E-state index < -0.39 is 10.0 Å². The van der Waals surface area contributed by atoms with Gasteiger partial charge < -0.3 is 5.32 Å². The molecule has 0 aliphatic rings. The fraction of sp³-hybridized carbons (Fsp3) is 0.211. The molecule has 0 bridgehead atoms. The topological polar surface area (TPSA) is 66.5 Å². The van der Waals surface area contributed by atoms with Gasteiger partial charge in [0.25, 0.3) is 0 Å². The Morgan fingerprint density at radius 3 is 2.24 bits per heavy atom. The van der Waals surface area contributed by atoms with Crippen molar-refractivity contribution in [2.45, 2.75) is 13.0 Å². The Morgan fingerprint density at radius 2 is 1.64 bits per heavy atom. The predicted octanol–water partition coefficient (Wildman–Crippen LogP) is 2.80. The smallest absolute Gasteiger partial charge is 0.236 e. The number of hydrogen-bond acceptors (Lipinski definition) is 3. The Balaban J connectivity index is 1.94. The van der Waals surface area contributed by atoms with E-state index in [1.54, 1.807) is 12.1 Å². The third-order valence-corrected chi connectivity index (χ3v) is 5.19. The standard InChI is InChI=1S/C19H22N2O3S/c1-16(18-11-7-4-8-12-18)20-19(22)15-21(2)25(23,24)14-13-17-9-5-3-6-10-17/h3-14,16H,15H2,1-2H3,(H,20,22)/b14-13+/t16-/m0/s1. The van der Waals surface area contributed by atoms with E-state index in [0.717, 1.165) is 20.8 Å². The van der Waals surface area contributed by atoms with E-state index in [0.29, 0.717) is 0 Å². The van der Waals surface area contributed by atoms with E-state index in [-0.39, 0.29) is 18.5 Å². The summed E-state index contributed by atoms with van der Waals surface area (Å²) in [6.07, 6.45) is 1.51. The minimum Gasteiger partial charge on any atom is -0.348 e. The molecular formula is C19H22N2O3S. The number of sulfonamides is 1. The number of hydrogen-bond donors (Lipinski definition) is 1. The maximum absolute atomic E-state index is 12.3. The van der Waals surface area contributed by atoms with Gasteiger partial charge in [-0.3, -0.25) is 4.79 Å². The molecule has 2 aromatic rings. The molecule has 0 fully saturated rings. The van der Waals surface area contributed by atoms with Crippen LogP contribution in [0.5, 0.6) is 0 Å². The van der Waals surface area contributed by atoms with Crippen LogP contribution in [-0.2, 0) is 14.8 Å². The lowest BCUT2D eigenvalue weighted by atomic mass is 10.1. The van der Waals surface area contributed by atoms with E-state index in [4.69, 9.17) is 0 Å². The molecule has 0 spiro atoms. The summed E-state index contributed by atoms with van der Waals surface area (Å²) in [7, 11) is -2.28. The van der Waals surface area contributed by atoms with Crippen molar-refractivity contribution in [3.05, 3.63) is 77.2 Å². The van der Waals surface area contributed by atoms with E-state index in [1.807, 2.05) is 55.5 Å². The monoisotopic (exact) mass is 358 g/mol. The number of carbonyl (C=O) groups excluding carboxylic acids is 1. The second kappa shape index (κ2) is 8.60. The Hall–Kier alpha value is -2.44. The van der Waals surface area contributed by atoms with Gasteiger partial charge in [0, 0.05) is 12.5 Å². The quantitative estimate of drug-likeness (QED) is 0.828. The van der Waals surface area contributed by atoms with Crippen LogP contribution in [0.2, 0.25) is 0 Å².